The van der Waals surface area contributed by atoms with Crippen molar-refractivity contribution in [2.45, 2.75) is 38.5 Å². The number of nitrogens with zero attached hydrogens (tertiary/aromatic N) is 1. The van der Waals surface area contributed by atoms with Crippen LogP contribution in [0, 0.1) is 0 Å². The minimum absolute atomic E-state index is 0.0800. The molecule has 3 nitrogen and oxygen atoms in total. The van der Waals surface area contributed by atoms with E-state index >= 15 is 0 Å². The van der Waals surface area contributed by atoms with Gasteiger partial charge in [0.15, 0.2) is 0 Å². The first-order chi connectivity index (χ1) is 6.83. The fourth-order valence-corrected chi connectivity index (χ4v) is 1.89. The molecular weight excluding hydrogens is 178 g/mol. The summed E-state index contributed by atoms with van der Waals surface area (Å²) in [6, 6.07) is 0. The van der Waals surface area contributed by atoms with Gasteiger partial charge >= 0.3 is 5.97 Å². The van der Waals surface area contributed by atoms with Gasteiger partial charge in [-0.2, -0.15) is 0 Å². The topological polar surface area (TPSA) is 29.5 Å². The standard InChI is InChI=1S/C11H21NO2/c1-14-11(13)7-3-6-10-12-8-4-2-5-9-12/h2-10H2,1H3. The molecule has 1 rings (SSSR count). The highest BCUT2D eigenvalue weighted by atomic mass is 16.5. The number of esters is 1. The molecule has 0 radical (unpaired) electrons. The number of rotatable bonds is 5. The molecule has 82 valence electrons. The molecule has 1 aliphatic rings. The third-order valence-corrected chi connectivity index (χ3v) is 2.78. The fourth-order valence-electron chi connectivity index (χ4n) is 1.89. The smallest absolute Gasteiger partial charge is 0.305 e. The molecular formula is C11H21NO2. The second-order valence-electron chi connectivity index (χ2n) is 3.94. The van der Waals surface area contributed by atoms with Crippen molar-refractivity contribution in [1.29, 1.82) is 0 Å². The molecule has 0 spiro atoms. The lowest BCUT2D eigenvalue weighted by Crippen LogP contribution is -2.30. The summed E-state index contributed by atoms with van der Waals surface area (Å²) in [5, 5.41) is 0. The molecule has 14 heavy (non-hydrogen) atoms. The summed E-state index contributed by atoms with van der Waals surface area (Å²) in [5.74, 6) is -0.0800. The summed E-state index contributed by atoms with van der Waals surface area (Å²) in [5.41, 5.74) is 0. The number of piperidine rings is 1. The van der Waals surface area contributed by atoms with Gasteiger partial charge in [-0.05, 0) is 45.3 Å². The lowest BCUT2D eigenvalue weighted by atomic mass is 10.1. The summed E-state index contributed by atoms with van der Waals surface area (Å²) < 4.78 is 4.59. The van der Waals surface area contributed by atoms with Gasteiger partial charge in [0.25, 0.3) is 0 Å². The Morgan fingerprint density at radius 2 is 1.93 bits per heavy atom. The van der Waals surface area contributed by atoms with Crippen LogP contribution in [0.1, 0.15) is 38.5 Å². The van der Waals surface area contributed by atoms with E-state index in [-0.39, 0.29) is 5.97 Å². The minimum Gasteiger partial charge on any atom is -0.469 e. The van der Waals surface area contributed by atoms with E-state index in [1.165, 1.54) is 39.5 Å². The molecule has 1 aliphatic heterocycles. The van der Waals surface area contributed by atoms with Gasteiger partial charge in [0, 0.05) is 6.42 Å². The Morgan fingerprint density at radius 3 is 2.57 bits per heavy atom. The lowest BCUT2D eigenvalue weighted by Gasteiger charge is -2.26. The molecule has 0 N–H and O–H groups in total. The highest BCUT2D eigenvalue weighted by molar-refractivity contribution is 5.68. The number of hydrogen-bond donors (Lipinski definition) is 0. The Balaban J connectivity index is 1.94. The third kappa shape index (κ3) is 4.61. The zero-order chi connectivity index (χ0) is 10.2. The van der Waals surface area contributed by atoms with Gasteiger partial charge in [0.1, 0.15) is 0 Å². The van der Waals surface area contributed by atoms with Crippen LogP contribution >= 0.6 is 0 Å². The van der Waals surface area contributed by atoms with Crippen LogP contribution in [0.3, 0.4) is 0 Å². The Morgan fingerprint density at radius 1 is 1.21 bits per heavy atom. The average Bonchev–Trinajstić information content (AvgIpc) is 2.25. The molecule has 0 aliphatic carbocycles. The van der Waals surface area contributed by atoms with Crippen LogP contribution in [0.25, 0.3) is 0 Å². The van der Waals surface area contributed by atoms with E-state index in [0.717, 1.165) is 19.4 Å². The monoisotopic (exact) mass is 199 g/mol. The van der Waals surface area contributed by atoms with E-state index in [0.29, 0.717) is 6.42 Å². The van der Waals surface area contributed by atoms with E-state index in [4.69, 9.17) is 0 Å². The maximum atomic E-state index is 10.8. The Labute approximate surface area is 86.4 Å². The quantitative estimate of drug-likeness (QED) is 0.499. The van der Waals surface area contributed by atoms with E-state index in [9.17, 15) is 4.79 Å². The molecule has 1 saturated heterocycles. The van der Waals surface area contributed by atoms with Gasteiger partial charge in [-0.25, -0.2) is 0 Å². The molecule has 0 atom stereocenters. The predicted molar refractivity (Wildman–Crippen MR) is 56.2 cm³/mol. The molecule has 1 fully saturated rings. The van der Waals surface area contributed by atoms with E-state index in [2.05, 4.69) is 9.64 Å². The van der Waals surface area contributed by atoms with Crippen molar-refractivity contribution in [3.63, 3.8) is 0 Å². The minimum atomic E-state index is -0.0800. The number of likely N-dealkylation sites (tertiary alicyclic amines) is 1. The first-order valence-corrected chi connectivity index (χ1v) is 5.62. The summed E-state index contributed by atoms with van der Waals surface area (Å²) in [4.78, 5) is 13.3. The molecule has 3 heteroatoms. The molecule has 0 aromatic carbocycles. The van der Waals surface area contributed by atoms with Gasteiger partial charge in [-0.1, -0.05) is 6.42 Å². The largest absolute Gasteiger partial charge is 0.469 e. The fraction of sp³-hybridized carbons (Fsp3) is 0.909. The second-order valence-corrected chi connectivity index (χ2v) is 3.94. The van der Waals surface area contributed by atoms with Crippen LogP contribution in [0.15, 0.2) is 0 Å². The van der Waals surface area contributed by atoms with Crippen LogP contribution < -0.4 is 0 Å². The molecule has 0 unspecified atom stereocenters. The number of carbonyl (C=O) groups excluding carboxylic acids is 1. The van der Waals surface area contributed by atoms with Crippen LogP contribution in [0.2, 0.25) is 0 Å². The molecule has 0 saturated carbocycles. The van der Waals surface area contributed by atoms with Crippen LogP contribution in [-0.2, 0) is 9.53 Å². The van der Waals surface area contributed by atoms with E-state index < -0.39 is 0 Å². The predicted octanol–water partition coefficient (Wildman–Crippen LogP) is 1.82. The zero-order valence-electron chi connectivity index (χ0n) is 9.13. The highest BCUT2D eigenvalue weighted by Crippen LogP contribution is 2.09. The van der Waals surface area contributed by atoms with Gasteiger partial charge in [-0.3, -0.25) is 4.79 Å². The maximum Gasteiger partial charge on any atom is 0.305 e. The van der Waals surface area contributed by atoms with Crippen LogP contribution in [0.4, 0.5) is 0 Å². The Kier molecular flexibility index (Phi) is 5.60. The number of unbranched alkanes of at least 4 members (excludes halogenated alkanes) is 1. The SMILES string of the molecule is COC(=O)CCCCN1CCCCC1. The second kappa shape index (κ2) is 6.82. The number of ether oxygens (including phenoxy) is 1. The van der Waals surface area contributed by atoms with Gasteiger partial charge in [0.2, 0.25) is 0 Å². The lowest BCUT2D eigenvalue weighted by molar-refractivity contribution is -0.140. The molecule has 0 amide bonds. The first-order valence-electron chi connectivity index (χ1n) is 5.62. The molecule has 0 aromatic heterocycles. The van der Waals surface area contributed by atoms with Crippen molar-refractivity contribution in [1.82, 2.24) is 4.90 Å². The van der Waals surface area contributed by atoms with Crippen molar-refractivity contribution in [3.05, 3.63) is 0 Å². The van der Waals surface area contributed by atoms with Gasteiger partial charge < -0.3 is 9.64 Å². The Bertz CT molecular complexity index is 165. The average molecular weight is 199 g/mol. The first kappa shape index (κ1) is 11.5. The summed E-state index contributed by atoms with van der Waals surface area (Å²) in [7, 11) is 1.45. The van der Waals surface area contributed by atoms with Crippen molar-refractivity contribution in [2.24, 2.45) is 0 Å². The van der Waals surface area contributed by atoms with Gasteiger partial charge in [-0.15, -0.1) is 0 Å². The van der Waals surface area contributed by atoms with E-state index in [1.54, 1.807) is 0 Å². The summed E-state index contributed by atoms with van der Waals surface area (Å²) in [6.45, 7) is 3.65. The van der Waals surface area contributed by atoms with Crippen LogP contribution in [0.5, 0.6) is 0 Å². The van der Waals surface area contributed by atoms with Crippen molar-refractivity contribution >= 4 is 5.97 Å². The third-order valence-electron chi connectivity index (χ3n) is 2.78. The summed E-state index contributed by atoms with van der Waals surface area (Å²) in [6.07, 6.45) is 6.73. The van der Waals surface area contributed by atoms with Crippen molar-refractivity contribution in [3.8, 4) is 0 Å². The maximum absolute atomic E-state index is 10.8. The molecule has 0 aromatic rings. The number of hydrogen-bond acceptors (Lipinski definition) is 3. The van der Waals surface area contributed by atoms with Crippen molar-refractivity contribution < 1.29 is 9.53 Å². The molecule has 0 bridgehead atoms. The van der Waals surface area contributed by atoms with E-state index in [1.807, 2.05) is 0 Å². The number of carbonyl (C=O) groups is 1. The highest BCUT2D eigenvalue weighted by Gasteiger charge is 2.09. The van der Waals surface area contributed by atoms with Crippen LogP contribution in [-0.4, -0.2) is 37.6 Å². The van der Waals surface area contributed by atoms with Gasteiger partial charge in [0.05, 0.1) is 7.11 Å². The van der Waals surface area contributed by atoms with Crippen molar-refractivity contribution in [2.75, 3.05) is 26.7 Å². The Hall–Kier alpha value is -0.570. The summed E-state index contributed by atoms with van der Waals surface area (Å²) >= 11 is 0. The zero-order valence-corrected chi connectivity index (χ0v) is 9.13. The number of methoxy groups -OCH3 is 1. The molecule has 1 heterocycles. The normalized spacial score (nSPS) is 18.1.